The fourth-order valence-corrected chi connectivity index (χ4v) is 1.76. The highest BCUT2D eigenvalue weighted by molar-refractivity contribution is 6.30. The van der Waals surface area contributed by atoms with Crippen molar-refractivity contribution in [3.8, 4) is 5.75 Å². The van der Waals surface area contributed by atoms with Gasteiger partial charge in [0.25, 0.3) is 5.91 Å². The number of ether oxygens (including phenoxy) is 1. The standard InChI is InChI=1S/C16H19ClN2O2.C2H6/c1-4-12(5-2)15(10-18-3)19-16(20)11-21-14-8-6-13(17)7-9-14;1-2/h4,6-10H,1,5,11H2,2-3H3,(H,19,20);1-2H3/b15-12+,18-10?;. The largest absolute Gasteiger partial charge is 0.484 e. The zero-order chi connectivity index (χ0) is 17.7. The van der Waals surface area contributed by atoms with Gasteiger partial charge in [-0.1, -0.05) is 45.0 Å². The third-order valence-electron chi connectivity index (χ3n) is 2.69. The van der Waals surface area contributed by atoms with Gasteiger partial charge in [0, 0.05) is 18.3 Å². The third-order valence-corrected chi connectivity index (χ3v) is 2.94. The van der Waals surface area contributed by atoms with E-state index >= 15 is 0 Å². The molecule has 1 rings (SSSR count). The molecule has 0 aromatic heterocycles. The first-order valence-electron chi connectivity index (χ1n) is 7.56. The number of rotatable bonds is 7. The molecular weight excluding hydrogens is 312 g/mol. The Morgan fingerprint density at radius 2 is 1.96 bits per heavy atom. The number of allylic oxidation sites excluding steroid dienone is 3. The highest BCUT2D eigenvalue weighted by Gasteiger charge is 2.07. The second-order valence-corrected chi connectivity index (χ2v) is 4.61. The summed E-state index contributed by atoms with van der Waals surface area (Å²) < 4.78 is 5.39. The van der Waals surface area contributed by atoms with Crippen molar-refractivity contribution in [1.82, 2.24) is 5.32 Å². The Labute approximate surface area is 143 Å². The van der Waals surface area contributed by atoms with Crippen molar-refractivity contribution in [2.24, 2.45) is 4.99 Å². The Bertz CT molecular complexity index is 549. The number of hydrogen-bond donors (Lipinski definition) is 1. The summed E-state index contributed by atoms with van der Waals surface area (Å²) in [6.07, 6.45) is 4.06. The predicted molar refractivity (Wildman–Crippen MR) is 98.4 cm³/mol. The molecule has 0 spiro atoms. The number of halogens is 1. The van der Waals surface area contributed by atoms with Crippen molar-refractivity contribution in [3.63, 3.8) is 0 Å². The van der Waals surface area contributed by atoms with Gasteiger partial charge in [0.2, 0.25) is 0 Å². The first-order valence-corrected chi connectivity index (χ1v) is 7.94. The summed E-state index contributed by atoms with van der Waals surface area (Å²) >= 11 is 5.78. The molecule has 0 aliphatic carbocycles. The van der Waals surface area contributed by atoms with Crippen LogP contribution < -0.4 is 10.1 Å². The average Bonchev–Trinajstić information content (AvgIpc) is 2.57. The van der Waals surface area contributed by atoms with Crippen LogP contribution >= 0.6 is 11.6 Å². The molecule has 0 atom stereocenters. The van der Waals surface area contributed by atoms with E-state index in [2.05, 4.69) is 16.9 Å². The molecule has 1 N–H and O–H groups in total. The van der Waals surface area contributed by atoms with Gasteiger partial charge in [0.05, 0.1) is 5.70 Å². The zero-order valence-corrected chi connectivity index (χ0v) is 15.0. The van der Waals surface area contributed by atoms with Crippen LogP contribution in [0.4, 0.5) is 0 Å². The number of nitrogens with zero attached hydrogens (tertiary/aromatic N) is 1. The quantitative estimate of drug-likeness (QED) is 0.592. The van der Waals surface area contributed by atoms with Gasteiger partial charge in [-0.15, -0.1) is 0 Å². The Hall–Kier alpha value is -2.07. The molecule has 0 radical (unpaired) electrons. The fraction of sp³-hybridized carbons (Fsp3) is 0.333. The molecule has 0 aliphatic heterocycles. The monoisotopic (exact) mass is 336 g/mol. The van der Waals surface area contributed by atoms with Crippen molar-refractivity contribution in [2.75, 3.05) is 13.7 Å². The Morgan fingerprint density at radius 3 is 2.43 bits per heavy atom. The molecule has 0 saturated heterocycles. The van der Waals surface area contributed by atoms with Crippen LogP contribution in [0.3, 0.4) is 0 Å². The van der Waals surface area contributed by atoms with Crippen molar-refractivity contribution in [2.45, 2.75) is 27.2 Å². The van der Waals surface area contributed by atoms with Crippen LogP contribution in [0.15, 0.2) is 53.2 Å². The summed E-state index contributed by atoms with van der Waals surface area (Å²) in [6, 6.07) is 6.83. The van der Waals surface area contributed by atoms with Crippen LogP contribution in [0.5, 0.6) is 5.75 Å². The van der Waals surface area contributed by atoms with Crippen LogP contribution in [0.1, 0.15) is 27.2 Å². The smallest absolute Gasteiger partial charge is 0.262 e. The summed E-state index contributed by atoms with van der Waals surface area (Å²) in [5.41, 5.74) is 1.56. The van der Waals surface area contributed by atoms with E-state index in [1.54, 1.807) is 43.6 Å². The van der Waals surface area contributed by atoms with Crippen molar-refractivity contribution in [1.29, 1.82) is 0 Å². The fourth-order valence-electron chi connectivity index (χ4n) is 1.64. The molecule has 1 aromatic rings. The lowest BCUT2D eigenvalue weighted by Crippen LogP contribution is -2.29. The number of amides is 1. The van der Waals surface area contributed by atoms with Gasteiger partial charge in [-0.05, 0) is 36.3 Å². The predicted octanol–water partition coefficient (Wildman–Crippen LogP) is 4.41. The molecule has 0 fully saturated rings. The molecule has 0 unspecified atom stereocenters. The molecule has 5 heteroatoms. The Kier molecular flexibility index (Phi) is 11.3. The lowest BCUT2D eigenvalue weighted by molar-refractivity contribution is -0.122. The van der Waals surface area contributed by atoms with Crippen LogP contribution in [0, 0.1) is 0 Å². The van der Waals surface area contributed by atoms with E-state index < -0.39 is 0 Å². The van der Waals surface area contributed by atoms with E-state index in [-0.39, 0.29) is 12.5 Å². The van der Waals surface area contributed by atoms with Gasteiger partial charge in [-0.3, -0.25) is 9.79 Å². The summed E-state index contributed by atoms with van der Waals surface area (Å²) in [5.74, 6) is 0.330. The van der Waals surface area contributed by atoms with Gasteiger partial charge >= 0.3 is 0 Å². The third kappa shape index (κ3) is 8.21. The van der Waals surface area contributed by atoms with Gasteiger partial charge in [0.1, 0.15) is 5.75 Å². The number of hydrogen-bond acceptors (Lipinski definition) is 3. The minimum atomic E-state index is -0.257. The summed E-state index contributed by atoms with van der Waals surface area (Å²) in [5, 5.41) is 3.39. The lowest BCUT2D eigenvalue weighted by atomic mass is 10.1. The minimum Gasteiger partial charge on any atom is -0.484 e. The molecule has 23 heavy (non-hydrogen) atoms. The summed E-state index contributed by atoms with van der Waals surface area (Å²) in [7, 11) is 1.65. The van der Waals surface area contributed by atoms with Crippen molar-refractivity contribution < 1.29 is 9.53 Å². The Morgan fingerprint density at radius 1 is 1.35 bits per heavy atom. The van der Waals surface area contributed by atoms with Gasteiger partial charge < -0.3 is 10.1 Å². The number of aliphatic imine (C=N–C) groups is 1. The van der Waals surface area contributed by atoms with E-state index in [0.29, 0.717) is 16.5 Å². The first kappa shape index (κ1) is 20.9. The number of nitrogens with one attached hydrogen (secondary N) is 1. The first-order chi connectivity index (χ1) is 11.1. The number of carbonyl (C=O) groups is 1. The molecule has 1 amide bonds. The maximum atomic E-state index is 11.9. The van der Waals surface area contributed by atoms with E-state index in [9.17, 15) is 4.79 Å². The molecular formula is C18H25ClN2O2. The number of carbonyl (C=O) groups excluding carboxylic acids is 1. The highest BCUT2D eigenvalue weighted by atomic mass is 35.5. The van der Waals surface area contributed by atoms with Crippen molar-refractivity contribution in [3.05, 3.63) is 53.2 Å². The maximum Gasteiger partial charge on any atom is 0.262 e. The lowest BCUT2D eigenvalue weighted by Gasteiger charge is -2.10. The molecule has 4 nitrogen and oxygen atoms in total. The van der Waals surface area contributed by atoms with Gasteiger partial charge in [-0.25, -0.2) is 0 Å². The van der Waals surface area contributed by atoms with E-state index in [1.165, 1.54) is 0 Å². The SMILES string of the molecule is C=C/C(CC)=C(/C=NC)NC(=O)COc1ccc(Cl)cc1.CC. The average molecular weight is 337 g/mol. The number of benzene rings is 1. The molecule has 0 aliphatic rings. The van der Waals surface area contributed by atoms with E-state index in [1.807, 2.05) is 20.8 Å². The van der Waals surface area contributed by atoms with Crippen LogP contribution in [-0.2, 0) is 4.79 Å². The molecule has 1 aromatic carbocycles. The molecule has 0 bridgehead atoms. The highest BCUT2D eigenvalue weighted by Crippen LogP contribution is 2.15. The minimum absolute atomic E-state index is 0.0865. The summed E-state index contributed by atoms with van der Waals surface area (Å²) in [6.45, 7) is 9.63. The van der Waals surface area contributed by atoms with Crippen LogP contribution in [0.25, 0.3) is 0 Å². The van der Waals surface area contributed by atoms with E-state index in [0.717, 1.165) is 12.0 Å². The normalized spacial score (nSPS) is 11.2. The van der Waals surface area contributed by atoms with Crippen molar-refractivity contribution >= 4 is 23.7 Å². The van der Waals surface area contributed by atoms with Crippen LogP contribution in [0.2, 0.25) is 5.02 Å². The summed E-state index contributed by atoms with van der Waals surface area (Å²) in [4.78, 5) is 15.8. The topological polar surface area (TPSA) is 50.7 Å². The molecule has 0 saturated carbocycles. The van der Waals surface area contributed by atoms with Gasteiger partial charge in [0.15, 0.2) is 6.61 Å². The maximum absolute atomic E-state index is 11.9. The molecule has 126 valence electrons. The second-order valence-electron chi connectivity index (χ2n) is 4.17. The van der Waals surface area contributed by atoms with Gasteiger partial charge in [-0.2, -0.15) is 0 Å². The Balaban J connectivity index is 0.00000232. The van der Waals surface area contributed by atoms with E-state index in [4.69, 9.17) is 16.3 Å². The molecule has 0 heterocycles. The zero-order valence-electron chi connectivity index (χ0n) is 14.2. The second kappa shape index (κ2) is 12.5. The van der Waals surface area contributed by atoms with Crippen LogP contribution in [-0.4, -0.2) is 25.8 Å².